The summed E-state index contributed by atoms with van der Waals surface area (Å²) in [5.41, 5.74) is 6.38. The molecule has 0 aromatic heterocycles. The highest BCUT2D eigenvalue weighted by Crippen LogP contribution is 2.26. The van der Waals surface area contributed by atoms with Crippen LogP contribution < -0.4 is 15.8 Å². The molecule has 84 valence electrons. The molecule has 15 heavy (non-hydrogen) atoms. The molecule has 0 atom stereocenters. The summed E-state index contributed by atoms with van der Waals surface area (Å²) in [5.74, 6) is 0.0336. The van der Waals surface area contributed by atoms with E-state index in [4.69, 9.17) is 5.73 Å². The molecule has 0 amide bonds. The molecule has 0 bridgehead atoms. The van der Waals surface area contributed by atoms with Gasteiger partial charge in [0, 0.05) is 12.7 Å². The number of hydrogen-bond donors (Lipinski definition) is 2. The van der Waals surface area contributed by atoms with E-state index in [0.29, 0.717) is 5.69 Å². The first kappa shape index (κ1) is 11.5. The van der Waals surface area contributed by atoms with Gasteiger partial charge in [-0.05, 0) is 18.2 Å². The summed E-state index contributed by atoms with van der Waals surface area (Å²) >= 11 is 0. The number of rotatable bonds is 3. The van der Waals surface area contributed by atoms with Crippen molar-refractivity contribution in [2.45, 2.75) is 6.18 Å². The zero-order chi connectivity index (χ0) is 11.5. The minimum Gasteiger partial charge on any atom is -0.482 e. The van der Waals surface area contributed by atoms with Crippen LogP contribution in [-0.2, 0) is 0 Å². The molecule has 3 N–H and O–H groups in total. The van der Waals surface area contributed by atoms with Gasteiger partial charge in [0.2, 0.25) is 0 Å². The molecule has 1 aromatic carbocycles. The molecule has 3 nitrogen and oxygen atoms in total. The summed E-state index contributed by atoms with van der Waals surface area (Å²) < 4.78 is 40.0. The molecule has 1 aromatic rings. The molecular formula is C9H11F3N2O. The Kier molecular flexibility index (Phi) is 3.28. The second kappa shape index (κ2) is 4.29. The van der Waals surface area contributed by atoms with Gasteiger partial charge in [0.15, 0.2) is 6.61 Å². The van der Waals surface area contributed by atoms with Crippen LogP contribution in [0.4, 0.5) is 24.5 Å². The number of alkyl halides is 3. The lowest BCUT2D eigenvalue weighted by molar-refractivity contribution is -0.153. The first-order valence-corrected chi connectivity index (χ1v) is 4.19. The summed E-state index contributed by atoms with van der Waals surface area (Å²) in [5, 5.41) is 2.81. The largest absolute Gasteiger partial charge is 0.482 e. The minimum absolute atomic E-state index is 0.0336. The van der Waals surface area contributed by atoms with Gasteiger partial charge in [-0.2, -0.15) is 13.2 Å². The van der Waals surface area contributed by atoms with Crippen molar-refractivity contribution in [3.8, 4) is 5.75 Å². The summed E-state index contributed by atoms with van der Waals surface area (Å²) in [6.45, 7) is -1.34. The van der Waals surface area contributed by atoms with Gasteiger partial charge in [-0.25, -0.2) is 0 Å². The number of hydrogen-bond acceptors (Lipinski definition) is 3. The highest BCUT2D eigenvalue weighted by Gasteiger charge is 2.28. The lowest BCUT2D eigenvalue weighted by atomic mass is 10.2. The van der Waals surface area contributed by atoms with Crippen LogP contribution in [-0.4, -0.2) is 19.8 Å². The Balaban J connectivity index is 2.70. The number of ether oxygens (including phenoxy) is 1. The molecular weight excluding hydrogens is 209 g/mol. The van der Waals surface area contributed by atoms with E-state index in [-0.39, 0.29) is 11.4 Å². The van der Waals surface area contributed by atoms with Gasteiger partial charge >= 0.3 is 6.18 Å². The maximum atomic E-state index is 11.8. The standard InChI is InChI=1S/C9H11F3N2O/c1-14-6-2-3-8(7(13)4-6)15-5-9(10,11)12/h2-4,14H,5,13H2,1H3. The molecule has 0 saturated heterocycles. The Hall–Kier alpha value is -1.59. The third kappa shape index (κ3) is 3.57. The van der Waals surface area contributed by atoms with Gasteiger partial charge < -0.3 is 15.8 Å². The van der Waals surface area contributed by atoms with E-state index in [1.54, 1.807) is 13.1 Å². The smallest absolute Gasteiger partial charge is 0.422 e. The molecule has 0 heterocycles. The molecule has 0 fully saturated rings. The van der Waals surface area contributed by atoms with E-state index in [1.807, 2.05) is 0 Å². The van der Waals surface area contributed by atoms with Gasteiger partial charge in [0.1, 0.15) is 5.75 Å². The van der Waals surface area contributed by atoms with E-state index in [1.165, 1.54) is 12.1 Å². The first-order chi connectivity index (χ1) is 6.92. The average molecular weight is 220 g/mol. The number of halogens is 3. The second-order valence-corrected chi connectivity index (χ2v) is 2.91. The van der Waals surface area contributed by atoms with E-state index in [2.05, 4.69) is 10.1 Å². The summed E-state index contributed by atoms with van der Waals surface area (Å²) in [4.78, 5) is 0. The fourth-order valence-electron chi connectivity index (χ4n) is 0.995. The van der Waals surface area contributed by atoms with Crippen molar-refractivity contribution in [2.75, 3.05) is 24.7 Å². The Labute approximate surface area is 85.0 Å². The Morgan fingerprint density at radius 2 is 2.07 bits per heavy atom. The zero-order valence-electron chi connectivity index (χ0n) is 8.06. The first-order valence-electron chi connectivity index (χ1n) is 4.19. The highest BCUT2D eigenvalue weighted by atomic mass is 19.4. The fraction of sp³-hybridized carbons (Fsp3) is 0.333. The van der Waals surface area contributed by atoms with Crippen LogP contribution in [0.2, 0.25) is 0 Å². The maximum absolute atomic E-state index is 11.8. The van der Waals surface area contributed by atoms with E-state index in [0.717, 1.165) is 0 Å². The fourth-order valence-corrected chi connectivity index (χ4v) is 0.995. The molecule has 0 aliphatic heterocycles. The number of anilines is 2. The van der Waals surface area contributed by atoms with Crippen molar-refractivity contribution in [3.05, 3.63) is 18.2 Å². The summed E-state index contributed by atoms with van der Waals surface area (Å²) in [7, 11) is 1.69. The number of benzene rings is 1. The Bertz CT molecular complexity index is 339. The topological polar surface area (TPSA) is 47.3 Å². The quantitative estimate of drug-likeness (QED) is 0.768. The van der Waals surface area contributed by atoms with Gasteiger partial charge in [-0.1, -0.05) is 0 Å². The molecule has 0 saturated carbocycles. The van der Waals surface area contributed by atoms with Crippen molar-refractivity contribution in [1.82, 2.24) is 0 Å². The monoisotopic (exact) mass is 220 g/mol. The molecule has 0 unspecified atom stereocenters. The van der Waals surface area contributed by atoms with Crippen molar-refractivity contribution >= 4 is 11.4 Å². The van der Waals surface area contributed by atoms with Crippen molar-refractivity contribution in [3.63, 3.8) is 0 Å². The third-order valence-corrected chi connectivity index (χ3v) is 1.69. The van der Waals surface area contributed by atoms with Gasteiger partial charge in [-0.15, -0.1) is 0 Å². The minimum atomic E-state index is -4.35. The lowest BCUT2D eigenvalue weighted by Crippen LogP contribution is -2.19. The molecule has 0 aliphatic rings. The zero-order valence-corrected chi connectivity index (χ0v) is 8.06. The van der Waals surface area contributed by atoms with Crippen LogP contribution in [0, 0.1) is 0 Å². The second-order valence-electron chi connectivity index (χ2n) is 2.91. The SMILES string of the molecule is CNc1ccc(OCC(F)(F)F)c(N)c1. The van der Waals surface area contributed by atoms with Crippen LogP contribution in [0.25, 0.3) is 0 Å². The number of nitrogens with two attached hydrogens (primary N) is 1. The molecule has 1 rings (SSSR count). The Morgan fingerprint density at radius 1 is 1.40 bits per heavy atom. The number of nitrogens with one attached hydrogen (secondary N) is 1. The van der Waals surface area contributed by atoms with Crippen LogP contribution in [0.15, 0.2) is 18.2 Å². The van der Waals surface area contributed by atoms with E-state index in [9.17, 15) is 13.2 Å². The maximum Gasteiger partial charge on any atom is 0.422 e. The van der Waals surface area contributed by atoms with Gasteiger partial charge in [0.25, 0.3) is 0 Å². The average Bonchev–Trinajstić information content (AvgIpc) is 2.14. The third-order valence-electron chi connectivity index (χ3n) is 1.69. The predicted molar refractivity (Wildman–Crippen MR) is 52.0 cm³/mol. The van der Waals surface area contributed by atoms with Gasteiger partial charge in [0.05, 0.1) is 5.69 Å². The van der Waals surface area contributed by atoms with E-state index < -0.39 is 12.8 Å². The van der Waals surface area contributed by atoms with Crippen LogP contribution in [0.3, 0.4) is 0 Å². The Morgan fingerprint density at radius 3 is 2.53 bits per heavy atom. The van der Waals surface area contributed by atoms with Crippen molar-refractivity contribution < 1.29 is 17.9 Å². The number of nitrogen functional groups attached to an aromatic ring is 1. The summed E-state index contributed by atoms with van der Waals surface area (Å²) in [6, 6.07) is 4.49. The summed E-state index contributed by atoms with van der Waals surface area (Å²) in [6.07, 6.45) is -4.35. The molecule has 0 spiro atoms. The van der Waals surface area contributed by atoms with Crippen LogP contribution in [0.5, 0.6) is 5.75 Å². The molecule has 6 heteroatoms. The lowest BCUT2D eigenvalue weighted by Gasteiger charge is -2.11. The highest BCUT2D eigenvalue weighted by molar-refractivity contribution is 5.62. The molecule has 0 aliphatic carbocycles. The van der Waals surface area contributed by atoms with Crippen molar-refractivity contribution in [1.29, 1.82) is 0 Å². The normalized spacial score (nSPS) is 11.2. The van der Waals surface area contributed by atoms with Crippen LogP contribution >= 0.6 is 0 Å². The molecule has 0 radical (unpaired) electrons. The van der Waals surface area contributed by atoms with Crippen LogP contribution in [0.1, 0.15) is 0 Å². The van der Waals surface area contributed by atoms with Gasteiger partial charge in [-0.3, -0.25) is 0 Å². The van der Waals surface area contributed by atoms with E-state index >= 15 is 0 Å². The predicted octanol–water partition coefficient (Wildman–Crippen LogP) is 2.25. The van der Waals surface area contributed by atoms with Crippen molar-refractivity contribution in [2.24, 2.45) is 0 Å².